The van der Waals surface area contributed by atoms with Crippen molar-refractivity contribution in [1.29, 1.82) is 0 Å². The Bertz CT molecular complexity index is 3600. The molecule has 4 nitrogen and oxygen atoms in total. The molecule has 1 aliphatic carbocycles. The lowest BCUT2D eigenvalue weighted by Gasteiger charge is -2.42. The number of aromatic nitrogens is 4. The number of benzene rings is 9. The molecule has 0 spiro atoms. The molecule has 0 fully saturated rings. The molecule has 61 heavy (non-hydrogen) atoms. The zero-order valence-electron chi connectivity index (χ0n) is 34.9. The van der Waals surface area contributed by atoms with Crippen LogP contribution in [0.25, 0.3) is 105 Å². The average molecular weight is 785 g/mol. The summed E-state index contributed by atoms with van der Waals surface area (Å²) in [5, 5.41) is 12.1. The van der Waals surface area contributed by atoms with E-state index in [-0.39, 0.29) is 10.8 Å². The average Bonchev–Trinajstić information content (AvgIpc) is 3.61. The molecule has 0 radical (unpaired) electrons. The molecule has 1 aliphatic rings. The van der Waals surface area contributed by atoms with Gasteiger partial charge < -0.3 is 4.57 Å². The predicted octanol–water partition coefficient (Wildman–Crippen LogP) is 14.9. The Kier molecular flexibility index (Phi) is 7.71. The van der Waals surface area contributed by atoms with Gasteiger partial charge in [-0.3, -0.25) is 0 Å². The lowest BCUT2D eigenvalue weighted by Crippen LogP contribution is -2.33. The van der Waals surface area contributed by atoms with Gasteiger partial charge in [-0.1, -0.05) is 155 Å². The summed E-state index contributed by atoms with van der Waals surface area (Å²) in [5.74, 6) is 1.94. The largest absolute Gasteiger partial charge is 0.309 e. The number of hydrogen-bond acceptors (Lipinski definition) is 3. The third-order valence-corrected chi connectivity index (χ3v) is 13.6. The van der Waals surface area contributed by atoms with E-state index in [1.165, 1.54) is 71.7 Å². The Morgan fingerprint density at radius 3 is 1.66 bits per heavy atom. The van der Waals surface area contributed by atoms with Crippen LogP contribution in [0.1, 0.15) is 51.7 Å². The summed E-state index contributed by atoms with van der Waals surface area (Å²) in [6, 6.07) is 61.7. The van der Waals surface area contributed by atoms with Crippen molar-refractivity contribution in [1.82, 2.24) is 19.5 Å². The van der Waals surface area contributed by atoms with Crippen LogP contribution in [0, 0.1) is 0 Å². The van der Waals surface area contributed by atoms with Crippen molar-refractivity contribution in [2.45, 2.75) is 51.4 Å². The Labute approximate surface area is 355 Å². The van der Waals surface area contributed by atoms with Gasteiger partial charge in [-0.15, -0.1) is 0 Å². The van der Waals surface area contributed by atoms with E-state index in [4.69, 9.17) is 15.0 Å². The van der Waals surface area contributed by atoms with Crippen LogP contribution in [0.5, 0.6) is 0 Å². The standard InChI is InChI=1S/C57H44N4/c1-56(2)27-28-57(3,4)50-34-52-48(33-49(50)56)47-30-38-15-5-6-16-39(38)32-51(47)61(52)42-19-11-18-40(29-42)53-58-54(60-55(59-53)45-22-12-17-35-13-7-9-20-43(35)45)41-26-25-37-24-23-36-14-8-10-21-44(36)46(37)31-41/h5-26,29-34H,27-28H2,1-4H3. The van der Waals surface area contributed by atoms with Gasteiger partial charge in [0.2, 0.25) is 0 Å². The molecule has 0 saturated heterocycles. The van der Waals surface area contributed by atoms with Crippen LogP contribution >= 0.6 is 0 Å². The lowest BCUT2D eigenvalue weighted by atomic mass is 9.63. The minimum absolute atomic E-state index is 0.0707. The van der Waals surface area contributed by atoms with Crippen LogP contribution in [0.3, 0.4) is 0 Å². The summed E-state index contributed by atoms with van der Waals surface area (Å²) in [6.45, 7) is 9.67. The van der Waals surface area contributed by atoms with E-state index >= 15 is 0 Å². The van der Waals surface area contributed by atoms with Crippen LogP contribution in [-0.4, -0.2) is 19.5 Å². The van der Waals surface area contributed by atoms with Gasteiger partial charge in [-0.25, -0.2) is 15.0 Å². The molecular formula is C57H44N4. The third kappa shape index (κ3) is 5.69. The van der Waals surface area contributed by atoms with Crippen molar-refractivity contribution in [3.8, 4) is 39.9 Å². The number of fused-ring (bicyclic) bond motifs is 9. The quantitative estimate of drug-likeness (QED) is 0.167. The molecule has 12 rings (SSSR count). The fraction of sp³-hybridized carbons (Fsp3) is 0.140. The van der Waals surface area contributed by atoms with Crippen molar-refractivity contribution in [2.75, 3.05) is 0 Å². The zero-order valence-corrected chi connectivity index (χ0v) is 34.9. The second-order valence-electron chi connectivity index (χ2n) is 18.3. The molecule has 292 valence electrons. The Hall–Kier alpha value is -7.17. The highest BCUT2D eigenvalue weighted by molar-refractivity contribution is 6.14. The lowest BCUT2D eigenvalue weighted by molar-refractivity contribution is 0.332. The van der Waals surface area contributed by atoms with Crippen molar-refractivity contribution in [3.05, 3.63) is 181 Å². The van der Waals surface area contributed by atoms with Crippen molar-refractivity contribution in [2.24, 2.45) is 0 Å². The normalized spacial score (nSPS) is 14.7. The second-order valence-corrected chi connectivity index (χ2v) is 18.3. The van der Waals surface area contributed by atoms with Crippen LogP contribution in [0.15, 0.2) is 170 Å². The van der Waals surface area contributed by atoms with E-state index in [2.05, 4.69) is 202 Å². The van der Waals surface area contributed by atoms with Crippen LogP contribution in [0.4, 0.5) is 0 Å². The highest BCUT2D eigenvalue weighted by Crippen LogP contribution is 2.49. The highest BCUT2D eigenvalue weighted by atomic mass is 15.0. The first-order valence-electron chi connectivity index (χ1n) is 21.5. The summed E-state index contributed by atoms with van der Waals surface area (Å²) in [4.78, 5) is 15.9. The van der Waals surface area contributed by atoms with Gasteiger partial charge >= 0.3 is 0 Å². The van der Waals surface area contributed by atoms with Gasteiger partial charge in [0.15, 0.2) is 17.5 Å². The summed E-state index contributed by atoms with van der Waals surface area (Å²) in [7, 11) is 0. The second kappa shape index (κ2) is 13.2. The third-order valence-electron chi connectivity index (χ3n) is 13.6. The van der Waals surface area contributed by atoms with E-state index in [1.807, 2.05) is 0 Å². The Balaban J connectivity index is 1.10. The summed E-state index contributed by atoms with van der Waals surface area (Å²) < 4.78 is 2.47. The van der Waals surface area contributed by atoms with Crippen LogP contribution in [-0.2, 0) is 10.8 Å². The number of nitrogens with zero attached hydrogens (tertiary/aromatic N) is 4. The molecule has 2 aromatic heterocycles. The number of hydrogen-bond donors (Lipinski definition) is 0. The van der Waals surface area contributed by atoms with Crippen molar-refractivity contribution < 1.29 is 0 Å². The van der Waals surface area contributed by atoms with E-state index in [1.54, 1.807) is 0 Å². The first kappa shape index (κ1) is 35.7. The molecule has 0 aliphatic heterocycles. The fourth-order valence-electron chi connectivity index (χ4n) is 10.1. The smallest absolute Gasteiger partial charge is 0.164 e. The molecule has 0 amide bonds. The first-order chi connectivity index (χ1) is 29.7. The molecule has 11 aromatic rings. The maximum atomic E-state index is 5.32. The van der Waals surface area contributed by atoms with Gasteiger partial charge in [0, 0.05) is 33.2 Å². The first-order valence-corrected chi connectivity index (χ1v) is 21.5. The fourth-order valence-corrected chi connectivity index (χ4v) is 10.1. The van der Waals surface area contributed by atoms with Gasteiger partial charge in [0.05, 0.1) is 11.0 Å². The topological polar surface area (TPSA) is 43.6 Å². The molecule has 0 unspecified atom stereocenters. The van der Waals surface area contributed by atoms with Gasteiger partial charge in [0.25, 0.3) is 0 Å². The molecule has 4 heteroatoms. The summed E-state index contributed by atoms with van der Waals surface area (Å²) >= 11 is 0. The minimum atomic E-state index is 0.0707. The van der Waals surface area contributed by atoms with Crippen LogP contribution < -0.4 is 0 Å². The Morgan fingerprint density at radius 2 is 0.902 bits per heavy atom. The molecule has 0 N–H and O–H groups in total. The Morgan fingerprint density at radius 1 is 0.377 bits per heavy atom. The van der Waals surface area contributed by atoms with Gasteiger partial charge in [0.1, 0.15) is 0 Å². The van der Waals surface area contributed by atoms with Crippen molar-refractivity contribution in [3.63, 3.8) is 0 Å². The maximum Gasteiger partial charge on any atom is 0.164 e. The summed E-state index contributed by atoms with van der Waals surface area (Å²) in [6.07, 6.45) is 2.33. The molecule has 9 aromatic carbocycles. The van der Waals surface area contributed by atoms with Crippen LogP contribution in [0.2, 0.25) is 0 Å². The molecule has 0 bridgehead atoms. The predicted molar refractivity (Wildman–Crippen MR) is 256 cm³/mol. The number of rotatable bonds is 4. The monoisotopic (exact) mass is 784 g/mol. The van der Waals surface area contributed by atoms with E-state index < -0.39 is 0 Å². The van der Waals surface area contributed by atoms with E-state index in [9.17, 15) is 0 Å². The molecule has 0 saturated carbocycles. The SMILES string of the molecule is CC1(C)CCC(C)(C)c2cc3c(cc21)c1cc2ccccc2cc1n3-c1cccc(-c2nc(-c3ccc4ccc5ccccc5c4c3)nc(-c3cccc4ccccc34)n2)c1. The molecule has 2 heterocycles. The van der Waals surface area contributed by atoms with Gasteiger partial charge in [-0.05, 0) is 120 Å². The molecular weight excluding hydrogens is 741 g/mol. The van der Waals surface area contributed by atoms with Crippen molar-refractivity contribution >= 4 is 64.9 Å². The maximum absolute atomic E-state index is 5.32. The van der Waals surface area contributed by atoms with Gasteiger partial charge in [-0.2, -0.15) is 0 Å². The molecule has 0 atom stereocenters. The zero-order chi connectivity index (χ0) is 41.0. The van der Waals surface area contributed by atoms with E-state index in [0.29, 0.717) is 17.5 Å². The van der Waals surface area contributed by atoms with E-state index in [0.717, 1.165) is 39.6 Å². The summed E-state index contributed by atoms with van der Waals surface area (Å²) in [5.41, 5.74) is 9.45. The minimum Gasteiger partial charge on any atom is -0.309 e. The highest BCUT2D eigenvalue weighted by Gasteiger charge is 2.38.